The molecule has 154 valence electrons. The molecule has 2 aromatic rings. The number of sulfone groups is 1. The van der Waals surface area contributed by atoms with Crippen LogP contribution in [0.5, 0.6) is 11.5 Å². The number of hydrogen-bond donors (Lipinski definition) is 2. The van der Waals surface area contributed by atoms with Crippen LogP contribution < -0.4 is 10.1 Å². The lowest BCUT2D eigenvalue weighted by Crippen LogP contribution is -2.13. The van der Waals surface area contributed by atoms with Crippen LogP contribution in [-0.4, -0.2) is 42.0 Å². The van der Waals surface area contributed by atoms with Crippen molar-refractivity contribution < 1.29 is 23.1 Å². The fraction of sp³-hybridized carbons (Fsp3) is 0.333. The van der Waals surface area contributed by atoms with E-state index in [1.54, 1.807) is 26.8 Å². The average molecular weight is 437 g/mol. The van der Waals surface area contributed by atoms with Gasteiger partial charge in [0.15, 0.2) is 11.5 Å². The van der Waals surface area contributed by atoms with E-state index in [2.05, 4.69) is 15.5 Å². The van der Waals surface area contributed by atoms with Gasteiger partial charge in [-0.3, -0.25) is 10.1 Å². The highest BCUT2D eigenvalue weighted by Gasteiger charge is 2.22. The van der Waals surface area contributed by atoms with E-state index >= 15 is 0 Å². The number of ether oxygens (including phenoxy) is 1. The Morgan fingerprint density at radius 1 is 1.41 bits per heavy atom. The lowest BCUT2D eigenvalue weighted by Gasteiger charge is -2.06. The van der Waals surface area contributed by atoms with Crippen molar-refractivity contribution in [3.8, 4) is 17.6 Å². The molecular formula is C18H20N4O5S2. The smallest absolute Gasteiger partial charge is 0.268 e. The highest BCUT2D eigenvalue weighted by molar-refractivity contribution is 7.93. The third kappa shape index (κ3) is 6.00. The molecule has 1 amide bonds. The summed E-state index contributed by atoms with van der Waals surface area (Å²) < 4.78 is 29.5. The molecule has 0 saturated heterocycles. The van der Waals surface area contributed by atoms with Crippen LogP contribution in [0.3, 0.4) is 0 Å². The molecule has 0 aliphatic rings. The number of nitrogens with zero attached hydrogens (tertiary/aromatic N) is 3. The van der Waals surface area contributed by atoms with E-state index < -0.39 is 15.7 Å². The molecule has 0 aliphatic carbocycles. The van der Waals surface area contributed by atoms with Gasteiger partial charge < -0.3 is 9.84 Å². The second-order valence-electron chi connectivity index (χ2n) is 6.33. The number of aromatic hydroxyl groups is 1. The number of aromatic nitrogens is 2. The maximum atomic E-state index is 12.4. The maximum Gasteiger partial charge on any atom is 0.268 e. The van der Waals surface area contributed by atoms with E-state index in [4.69, 9.17) is 4.74 Å². The Hall–Kier alpha value is -2.97. The molecular weight excluding hydrogens is 416 g/mol. The number of benzene rings is 1. The molecule has 0 bridgehead atoms. The van der Waals surface area contributed by atoms with Crippen molar-refractivity contribution in [1.82, 2.24) is 10.2 Å². The van der Waals surface area contributed by atoms with Crippen LogP contribution in [0.1, 0.15) is 26.3 Å². The average Bonchev–Trinajstić information content (AvgIpc) is 3.10. The minimum Gasteiger partial charge on any atom is -0.504 e. The summed E-state index contributed by atoms with van der Waals surface area (Å²) >= 11 is 0.724. The molecule has 0 aliphatic heterocycles. The Balaban J connectivity index is 2.20. The third-order valence-electron chi connectivity index (χ3n) is 3.41. The van der Waals surface area contributed by atoms with E-state index in [0.29, 0.717) is 12.2 Å². The van der Waals surface area contributed by atoms with Gasteiger partial charge in [0.05, 0.1) is 12.4 Å². The van der Waals surface area contributed by atoms with Crippen molar-refractivity contribution in [1.29, 1.82) is 5.26 Å². The molecule has 1 aromatic carbocycles. The lowest BCUT2D eigenvalue weighted by molar-refractivity contribution is -0.112. The van der Waals surface area contributed by atoms with Crippen LogP contribution in [0.4, 0.5) is 5.13 Å². The first-order valence-electron chi connectivity index (χ1n) is 8.61. The van der Waals surface area contributed by atoms with Crippen molar-refractivity contribution in [2.24, 2.45) is 5.92 Å². The van der Waals surface area contributed by atoms with Crippen molar-refractivity contribution in [2.75, 3.05) is 17.7 Å². The molecule has 2 N–H and O–H groups in total. The van der Waals surface area contributed by atoms with Gasteiger partial charge in [-0.2, -0.15) is 5.26 Å². The van der Waals surface area contributed by atoms with Crippen LogP contribution in [0.2, 0.25) is 0 Å². The number of phenols is 1. The summed E-state index contributed by atoms with van der Waals surface area (Å²) in [6.45, 7) is 5.64. The SMILES string of the molecule is CCOc1cc(/C=C(/C#N)C(=O)Nc2nnc(S(=O)(=O)CC(C)C)s2)ccc1O. The fourth-order valence-electron chi connectivity index (χ4n) is 2.27. The van der Waals surface area contributed by atoms with Crippen molar-refractivity contribution in [3.63, 3.8) is 0 Å². The summed E-state index contributed by atoms with van der Waals surface area (Å²) in [4.78, 5) is 12.4. The highest BCUT2D eigenvalue weighted by Crippen LogP contribution is 2.28. The number of nitrogens with one attached hydrogen (secondary N) is 1. The summed E-state index contributed by atoms with van der Waals surface area (Å²) in [6.07, 6.45) is 1.31. The van der Waals surface area contributed by atoms with E-state index in [1.807, 2.05) is 0 Å². The summed E-state index contributed by atoms with van der Waals surface area (Å²) in [5.74, 6) is -0.759. The van der Waals surface area contributed by atoms with Crippen LogP contribution in [0, 0.1) is 17.2 Å². The summed E-state index contributed by atoms with van der Waals surface area (Å²) in [5.41, 5.74) is 0.232. The number of amides is 1. The molecule has 0 saturated carbocycles. The van der Waals surface area contributed by atoms with Crippen molar-refractivity contribution in [2.45, 2.75) is 25.1 Å². The molecule has 0 fully saturated rings. The zero-order chi connectivity index (χ0) is 21.6. The van der Waals surface area contributed by atoms with Gasteiger partial charge in [-0.05, 0) is 36.6 Å². The van der Waals surface area contributed by atoms with Gasteiger partial charge in [-0.1, -0.05) is 31.3 Å². The Bertz CT molecular complexity index is 1070. The number of anilines is 1. The predicted octanol–water partition coefficient (Wildman–Crippen LogP) is 2.62. The fourth-order valence-corrected chi connectivity index (χ4v) is 4.87. The minimum atomic E-state index is -3.59. The summed E-state index contributed by atoms with van der Waals surface area (Å²) in [5, 5.41) is 28.7. The first-order valence-corrected chi connectivity index (χ1v) is 11.1. The number of hydrogen-bond acceptors (Lipinski definition) is 9. The van der Waals surface area contributed by atoms with Gasteiger partial charge >= 0.3 is 0 Å². The van der Waals surface area contributed by atoms with E-state index in [-0.39, 0.29) is 38.2 Å². The van der Waals surface area contributed by atoms with Gasteiger partial charge in [0, 0.05) is 0 Å². The summed E-state index contributed by atoms with van der Waals surface area (Å²) in [6, 6.07) is 6.18. The Morgan fingerprint density at radius 3 is 2.76 bits per heavy atom. The summed E-state index contributed by atoms with van der Waals surface area (Å²) in [7, 11) is -3.59. The predicted molar refractivity (Wildman–Crippen MR) is 108 cm³/mol. The van der Waals surface area contributed by atoms with E-state index in [1.165, 1.54) is 24.3 Å². The second kappa shape index (κ2) is 9.49. The molecule has 0 spiro atoms. The van der Waals surface area contributed by atoms with Crippen LogP contribution in [0.25, 0.3) is 6.08 Å². The zero-order valence-electron chi connectivity index (χ0n) is 16.0. The number of phenolic OH excluding ortho intramolecular Hbond substituents is 1. The Morgan fingerprint density at radius 2 is 2.14 bits per heavy atom. The van der Waals surface area contributed by atoms with E-state index in [0.717, 1.165) is 11.3 Å². The maximum absolute atomic E-state index is 12.4. The molecule has 1 heterocycles. The van der Waals surface area contributed by atoms with Crippen molar-refractivity contribution >= 4 is 38.3 Å². The largest absolute Gasteiger partial charge is 0.504 e. The van der Waals surface area contributed by atoms with Gasteiger partial charge in [-0.15, -0.1) is 10.2 Å². The van der Waals surface area contributed by atoms with Gasteiger partial charge in [0.2, 0.25) is 19.3 Å². The quantitative estimate of drug-likeness (QED) is 0.365. The molecule has 11 heteroatoms. The van der Waals surface area contributed by atoms with E-state index in [9.17, 15) is 23.6 Å². The topological polar surface area (TPSA) is 142 Å². The second-order valence-corrected chi connectivity index (χ2v) is 9.52. The van der Waals surface area contributed by atoms with Crippen LogP contribution >= 0.6 is 11.3 Å². The molecule has 0 radical (unpaired) electrons. The first-order chi connectivity index (χ1) is 13.7. The van der Waals surface area contributed by atoms with Gasteiger partial charge in [-0.25, -0.2) is 8.42 Å². The lowest BCUT2D eigenvalue weighted by atomic mass is 10.1. The van der Waals surface area contributed by atoms with Crippen LogP contribution in [-0.2, 0) is 14.6 Å². The Labute approximate surface area is 172 Å². The standard InChI is InChI=1S/C18H20N4O5S2/c1-4-27-15-8-12(5-6-14(15)23)7-13(9-19)16(24)20-17-21-22-18(28-17)29(25,26)10-11(2)3/h5-8,11,23H,4,10H2,1-3H3,(H,20,21,24)/b13-7-. The van der Waals surface area contributed by atoms with Gasteiger partial charge in [0.25, 0.3) is 5.91 Å². The number of carbonyl (C=O) groups is 1. The normalized spacial score (nSPS) is 11.9. The van der Waals surface area contributed by atoms with Crippen LogP contribution in [0.15, 0.2) is 28.1 Å². The number of rotatable bonds is 8. The van der Waals surface area contributed by atoms with Gasteiger partial charge in [0.1, 0.15) is 11.6 Å². The third-order valence-corrected chi connectivity index (χ3v) is 6.77. The van der Waals surface area contributed by atoms with Crippen molar-refractivity contribution in [3.05, 3.63) is 29.3 Å². The molecule has 9 nitrogen and oxygen atoms in total. The molecule has 1 aromatic heterocycles. The molecule has 2 rings (SSSR count). The molecule has 0 atom stereocenters. The number of carbonyl (C=O) groups excluding carboxylic acids is 1. The minimum absolute atomic E-state index is 0.0285. The Kier molecular flexibility index (Phi) is 7.30. The zero-order valence-corrected chi connectivity index (χ0v) is 17.7. The molecule has 0 unspecified atom stereocenters. The number of nitriles is 1. The highest BCUT2D eigenvalue weighted by atomic mass is 32.2. The first kappa shape index (κ1) is 22.3. The molecule has 29 heavy (non-hydrogen) atoms. The monoisotopic (exact) mass is 436 g/mol.